The monoisotopic (exact) mass is 231 g/mol. The number of halogens is 1. The summed E-state index contributed by atoms with van der Waals surface area (Å²) in [4.78, 5) is 3.76. The number of aryl methyl sites for hydroxylation is 1. The lowest BCUT2D eigenvalue weighted by Gasteiger charge is -2.24. The molecular weight excluding hydrogens is 217 g/mol. The molecule has 2 nitrogen and oxygen atoms in total. The van der Waals surface area contributed by atoms with E-state index in [0.29, 0.717) is 5.56 Å². The van der Waals surface area contributed by atoms with Crippen LogP contribution in [0.15, 0.2) is 42.7 Å². The van der Waals surface area contributed by atoms with E-state index in [1.54, 1.807) is 6.92 Å². The number of rotatable bonds is 2. The predicted octanol–water partition coefficient (Wildman–Crippen LogP) is 2.78. The minimum atomic E-state index is -1.23. The number of pyridine rings is 1. The smallest absolute Gasteiger partial charge is 0.141 e. The molecular formula is C14H14FNO. The lowest BCUT2D eigenvalue weighted by Crippen LogP contribution is -2.23. The second-order valence-corrected chi connectivity index (χ2v) is 4.33. The van der Waals surface area contributed by atoms with Gasteiger partial charge in [-0.25, -0.2) is 4.39 Å². The Kier molecular flexibility index (Phi) is 2.94. The fraction of sp³-hybridized carbons (Fsp3) is 0.214. The molecule has 0 aliphatic heterocycles. The van der Waals surface area contributed by atoms with Crippen molar-refractivity contribution in [1.29, 1.82) is 0 Å². The second-order valence-electron chi connectivity index (χ2n) is 4.33. The summed E-state index contributed by atoms with van der Waals surface area (Å²) in [5, 5.41) is 10.5. The van der Waals surface area contributed by atoms with Crippen molar-refractivity contribution in [1.82, 2.24) is 4.98 Å². The van der Waals surface area contributed by atoms with Gasteiger partial charge in [-0.3, -0.25) is 4.98 Å². The molecule has 0 aliphatic rings. The standard InChI is InChI=1S/C14H14FNO/c1-10-3-5-11(6-4-10)14(2,17)12-7-13(15)9-16-8-12/h3-9,17H,1-2H3. The third kappa shape index (κ3) is 2.34. The lowest BCUT2D eigenvalue weighted by atomic mass is 9.89. The van der Waals surface area contributed by atoms with Crippen LogP contribution in [0.1, 0.15) is 23.6 Å². The molecule has 1 heterocycles. The molecule has 0 bridgehead atoms. The highest BCUT2D eigenvalue weighted by atomic mass is 19.1. The molecule has 2 rings (SSSR count). The van der Waals surface area contributed by atoms with E-state index in [9.17, 15) is 9.50 Å². The number of nitrogens with zero attached hydrogens (tertiary/aromatic N) is 1. The highest BCUT2D eigenvalue weighted by molar-refractivity contribution is 5.35. The molecule has 2 aromatic rings. The first-order valence-electron chi connectivity index (χ1n) is 5.41. The van der Waals surface area contributed by atoms with E-state index in [4.69, 9.17) is 0 Å². The number of hydrogen-bond acceptors (Lipinski definition) is 2. The zero-order valence-corrected chi connectivity index (χ0v) is 9.81. The topological polar surface area (TPSA) is 33.1 Å². The first kappa shape index (κ1) is 11.7. The van der Waals surface area contributed by atoms with Crippen LogP contribution in [0.3, 0.4) is 0 Å². The van der Waals surface area contributed by atoms with Gasteiger partial charge < -0.3 is 5.11 Å². The van der Waals surface area contributed by atoms with Crippen LogP contribution in [-0.4, -0.2) is 10.1 Å². The molecule has 1 unspecified atom stereocenters. The molecule has 0 amide bonds. The van der Waals surface area contributed by atoms with Crippen LogP contribution in [0, 0.1) is 12.7 Å². The first-order chi connectivity index (χ1) is 8.00. The van der Waals surface area contributed by atoms with Gasteiger partial charge in [0.05, 0.1) is 6.20 Å². The zero-order valence-electron chi connectivity index (χ0n) is 9.81. The summed E-state index contributed by atoms with van der Waals surface area (Å²) in [7, 11) is 0. The SMILES string of the molecule is Cc1ccc(C(C)(O)c2cncc(F)c2)cc1. The van der Waals surface area contributed by atoms with Crippen molar-refractivity contribution in [2.75, 3.05) is 0 Å². The molecule has 17 heavy (non-hydrogen) atoms. The molecule has 1 N–H and O–H groups in total. The Morgan fingerprint density at radius 2 is 1.76 bits per heavy atom. The summed E-state index contributed by atoms with van der Waals surface area (Å²) in [6.07, 6.45) is 2.59. The van der Waals surface area contributed by atoms with E-state index in [1.165, 1.54) is 12.3 Å². The molecule has 0 saturated carbocycles. The minimum absolute atomic E-state index is 0.446. The maximum absolute atomic E-state index is 13.1. The second kappa shape index (κ2) is 4.26. The normalized spacial score (nSPS) is 14.4. The van der Waals surface area contributed by atoms with Crippen molar-refractivity contribution in [3.8, 4) is 0 Å². The van der Waals surface area contributed by atoms with E-state index < -0.39 is 11.4 Å². The third-order valence-electron chi connectivity index (χ3n) is 2.88. The summed E-state index contributed by atoms with van der Waals surface area (Å²) >= 11 is 0. The van der Waals surface area contributed by atoms with Crippen LogP contribution in [0.25, 0.3) is 0 Å². The Hall–Kier alpha value is -1.74. The fourth-order valence-corrected chi connectivity index (χ4v) is 1.72. The van der Waals surface area contributed by atoms with Gasteiger partial charge in [-0.05, 0) is 25.5 Å². The third-order valence-corrected chi connectivity index (χ3v) is 2.88. The van der Waals surface area contributed by atoms with Crippen molar-refractivity contribution in [2.45, 2.75) is 19.4 Å². The van der Waals surface area contributed by atoms with Gasteiger partial charge in [0.1, 0.15) is 11.4 Å². The van der Waals surface area contributed by atoms with Gasteiger partial charge in [0.2, 0.25) is 0 Å². The van der Waals surface area contributed by atoms with Crippen LogP contribution < -0.4 is 0 Å². The Labute approximate surface area is 99.8 Å². The Bertz CT molecular complexity index is 520. The van der Waals surface area contributed by atoms with Crippen molar-refractivity contribution in [3.05, 3.63) is 65.2 Å². The van der Waals surface area contributed by atoms with E-state index in [-0.39, 0.29) is 0 Å². The summed E-state index contributed by atoms with van der Waals surface area (Å²) in [5.41, 5.74) is 1.04. The van der Waals surface area contributed by atoms with Crippen molar-refractivity contribution >= 4 is 0 Å². The average Bonchev–Trinajstić information content (AvgIpc) is 2.29. The Morgan fingerprint density at radius 3 is 2.35 bits per heavy atom. The maximum atomic E-state index is 13.1. The number of aromatic nitrogens is 1. The van der Waals surface area contributed by atoms with Crippen LogP contribution in [0.2, 0.25) is 0 Å². The van der Waals surface area contributed by atoms with Gasteiger partial charge in [-0.1, -0.05) is 29.8 Å². The maximum Gasteiger partial charge on any atom is 0.141 e. The van der Waals surface area contributed by atoms with Crippen LogP contribution in [0.4, 0.5) is 4.39 Å². The van der Waals surface area contributed by atoms with E-state index in [1.807, 2.05) is 31.2 Å². The lowest BCUT2D eigenvalue weighted by molar-refractivity contribution is 0.101. The van der Waals surface area contributed by atoms with Crippen LogP contribution >= 0.6 is 0 Å². The Morgan fingerprint density at radius 1 is 1.12 bits per heavy atom. The van der Waals surface area contributed by atoms with E-state index >= 15 is 0 Å². The van der Waals surface area contributed by atoms with Crippen LogP contribution in [-0.2, 0) is 5.60 Å². The molecule has 0 saturated heterocycles. The number of hydrogen-bond donors (Lipinski definition) is 1. The highest BCUT2D eigenvalue weighted by Gasteiger charge is 2.26. The van der Waals surface area contributed by atoms with E-state index in [0.717, 1.165) is 17.3 Å². The van der Waals surface area contributed by atoms with Gasteiger partial charge >= 0.3 is 0 Å². The molecule has 0 spiro atoms. The average molecular weight is 231 g/mol. The molecule has 1 aromatic heterocycles. The van der Waals surface area contributed by atoms with Gasteiger partial charge in [-0.2, -0.15) is 0 Å². The fourth-order valence-electron chi connectivity index (χ4n) is 1.72. The predicted molar refractivity (Wildman–Crippen MR) is 64.0 cm³/mol. The van der Waals surface area contributed by atoms with Gasteiger partial charge in [0.15, 0.2) is 0 Å². The summed E-state index contributed by atoms with van der Waals surface area (Å²) < 4.78 is 13.1. The molecule has 0 aliphatic carbocycles. The molecule has 1 aromatic carbocycles. The summed E-state index contributed by atoms with van der Waals surface area (Å²) in [6, 6.07) is 8.79. The minimum Gasteiger partial charge on any atom is -0.381 e. The summed E-state index contributed by atoms with van der Waals surface area (Å²) in [6.45, 7) is 3.61. The van der Waals surface area contributed by atoms with Crippen LogP contribution in [0.5, 0.6) is 0 Å². The van der Waals surface area contributed by atoms with E-state index in [2.05, 4.69) is 4.98 Å². The zero-order chi connectivity index (χ0) is 12.5. The number of benzene rings is 1. The first-order valence-corrected chi connectivity index (χ1v) is 5.41. The quantitative estimate of drug-likeness (QED) is 0.862. The molecule has 3 heteroatoms. The van der Waals surface area contributed by atoms with Gasteiger partial charge in [0, 0.05) is 11.8 Å². The number of aliphatic hydroxyl groups is 1. The molecule has 0 radical (unpaired) electrons. The molecule has 88 valence electrons. The summed E-state index contributed by atoms with van der Waals surface area (Å²) in [5.74, 6) is -0.449. The van der Waals surface area contributed by atoms with Crippen molar-refractivity contribution < 1.29 is 9.50 Å². The van der Waals surface area contributed by atoms with Gasteiger partial charge in [-0.15, -0.1) is 0 Å². The van der Waals surface area contributed by atoms with Crippen molar-refractivity contribution in [3.63, 3.8) is 0 Å². The largest absolute Gasteiger partial charge is 0.381 e. The van der Waals surface area contributed by atoms with Crippen molar-refractivity contribution in [2.24, 2.45) is 0 Å². The molecule has 1 atom stereocenters. The highest BCUT2D eigenvalue weighted by Crippen LogP contribution is 2.28. The molecule has 0 fully saturated rings. The Balaban J connectivity index is 2.45. The van der Waals surface area contributed by atoms with Gasteiger partial charge in [0.25, 0.3) is 0 Å².